The zero-order valence-electron chi connectivity index (χ0n) is 17.7. The van der Waals surface area contributed by atoms with Crippen LogP contribution < -0.4 is 5.32 Å². The quantitative estimate of drug-likeness (QED) is 0.780. The number of benzene rings is 1. The number of carbonyl (C=O) groups is 3. The van der Waals surface area contributed by atoms with Crippen molar-refractivity contribution in [3.05, 3.63) is 34.9 Å². The molecule has 2 amide bonds. The zero-order chi connectivity index (χ0) is 21.2. The van der Waals surface area contributed by atoms with Crippen LogP contribution in [0.15, 0.2) is 18.2 Å². The van der Waals surface area contributed by atoms with Crippen LogP contribution in [0.3, 0.4) is 0 Å². The Labute approximate surface area is 166 Å². The molecule has 28 heavy (non-hydrogen) atoms. The number of aliphatic carboxylic acids is 1. The minimum absolute atomic E-state index is 0.287. The summed E-state index contributed by atoms with van der Waals surface area (Å²) in [5.74, 6) is -3.79. The maximum atomic E-state index is 13.4. The summed E-state index contributed by atoms with van der Waals surface area (Å²) in [6.07, 6.45) is 0. The van der Waals surface area contributed by atoms with E-state index >= 15 is 0 Å². The number of carboxylic acid groups (broad SMARTS) is 1. The summed E-state index contributed by atoms with van der Waals surface area (Å²) in [4.78, 5) is 40.6. The molecule has 0 aromatic heterocycles. The number of likely N-dealkylation sites (tertiary alicyclic amines) is 1. The van der Waals surface area contributed by atoms with E-state index in [1.807, 2.05) is 52.8 Å². The van der Waals surface area contributed by atoms with Gasteiger partial charge >= 0.3 is 5.97 Å². The molecule has 2 N–H and O–H groups in total. The maximum absolute atomic E-state index is 13.4. The number of imide groups is 1. The number of nitrogens with zero attached hydrogens (tertiary/aromatic N) is 1. The lowest BCUT2D eigenvalue weighted by Gasteiger charge is -2.37. The summed E-state index contributed by atoms with van der Waals surface area (Å²) >= 11 is 0. The van der Waals surface area contributed by atoms with Crippen molar-refractivity contribution in [2.75, 3.05) is 0 Å². The van der Waals surface area contributed by atoms with Gasteiger partial charge in [-0.05, 0) is 51.7 Å². The predicted molar refractivity (Wildman–Crippen MR) is 106 cm³/mol. The first-order valence-corrected chi connectivity index (χ1v) is 9.80. The molecule has 2 fully saturated rings. The Morgan fingerprint density at radius 3 is 2.29 bits per heavy atom. The molecule has 3 rings (SSSR count). The topological polar surface area (TPSA) is 86.7 Å². The highest BCUT2D eigenvalue weighted by Crippen LogP contribution is 2.53. The molecule has 2 saturated heterocycles. The SMILES string of the molecule is Cc1ccc(C)c(C2NC(C(=O)O)(C(C)C)C3C(=O)N(C(C)(C)C)C(=O)C23)c1. The van der Waals surface area contributed by atoms with Crippen LogP contribution in [0.5, 0.6) is 0 Å². The molecule has 0 spiro atoms. The van der Waals surface area contributed by atoms with Gasteiger partial charge in [0, 0.05) is 11.6 Å². The molecule has 6 nitrogen and oxygen atoms in total. The van der Waals surface area contributed by atoms with Crippen molar-refractivity contribution in [2.45, 2.75) is 65.6 Å². The number of fused-ring (bicyclic) bond motifs is 1. The van der Waals surface area contributed by atoms with Crippen molar-refractivity contribution < 1.29 is 19.5 Å². The van der Waals surface area contributed by atoms with Crippen LogP contribution in [-0.2, 0) is 14.4 Å². The maximum Gasteiger partial charge on any atom is 0.325 e. The standard InChI is InChI=1S/C22H30N2O4/c1-11(2)22(20(27)28)16-15(18(25)24(19(16)26)21(5,6)7)17(23-22)14-10-12(3)8-9-13(14)4/h8-11,15-17,23H,1-7H3,(H,27,28). The monoisotopic (exact) mass is 386 g/mol. The van der Waals surface area contributed by atoms with E-state index in [2.05, 4.69) is 5.32 Å². The second kappa shape index (κ2) is 6.41. The molecule has 152 valence electrons. The van der Waals surface area contributed by atoms with E-state index in [4.69, 9.17) is 0 Å². The molecule has 0 radical (unpaired) electrons. The number of hydrogen-bond acceptors (Lipinski definition) is 4. The molecule has 6 heteroatoms. The molecular formula is C22H30N2O4. The molecule has 2 heterocycles. The van der Waals surface area contributed by atoms with Crippen molar-refractivity contribution in [1.29, 1.82) is 0 Å². The van der Waals surface area contributed by atoms with Crippen LogP contribution in [0.1, 0.15) is 57.4 Å². The molecule has 2 aliphatic rings. The van der Waals surface area contributed by atoms with E-state index in [1.54, 1.807) is 13.8 Å². The third kappa shape index (κ3) is 2.69. The van der Waals surface area contributed by atoms with Gasteiger partial charge in [-0.2, -0.15) is 0 Å². The lowest BCUT2D eigenvalue weighted by Crippen LogP contribution is -2.60. The fraction of sp³-hybridized carbons (Fsp3) is 0.591. The first kappa shape index (κ1) is 20.5. The Balaban J connectivity index is 2.25. The van der Waals surface area contributed by atoms with Crippen LogP contribution in [0, 0.1) is 31.6 Å². The van der Waals surface area contributed by atoms with Gasteiger partial charge in [-0.15, -0.1) is 0 Å². The summed E-state index contributed by atoms with van der Waals surface area (Å²) in [7, 11) is 0. The highest BCUT2D eigenvalue weighted by Gasteiger charge is 2.70. The number of nitrogens with one attached hydrogen (secondary N) is 1. The number of carbonyl (C=O) groups excluding carboxylic acids is 2. The smallest absolute Gasteiger partial charge is 0.325 e. The summed E-state index contributed by atoms with van der Waals surface area (Å²) < 4.78 is 0. The van der Waals surface area contributed by atoms with Crippen LogP contribution in [0.4, 0.5) is 0 Å². The van der Waals surface area contributed by atoms with Crippen molar-refractivity contribution in [1.82, 2.24) is 10.2 Å². The van der Waals surface area contributed by atoms with Gasteiger partial charge in [0.15, 0.2) is 0 Å². The van der Waals surface area contributed by atoms with E-state index in [0.717, 1.165) is 16.7 Å². The van der Waals surface area contributed by atoms with E-state index in [0.29, 0.717) is 0 Å². The number of aryl methyl sites for hydroxylation is 2. The van der Waals surface area contributed by atoms with Gasteiger partial charge in [0.1, 0.15) is 5.54 Å². The second-order valence-corrected chi connectivity index (χ2v) is 9.50. The zero-order valence-corrected chi connectivity index (χ0v) is 17.7. The average molecular weight is 386 g/mol. The molecule has 4 unspecified atom stereocenters. The summed E-state index contributed by atoms with van der Waals surface area (Å²) in [6.45, 7) is 12.9. The molecule has 0 bridgehead atoms. The van der Waals surface area contributed by atoms with Gasteiger partial charge < -0.3 is 5.11 Å². The molecule has 2 aliphatic heterocycles. The molecular weight excluding hydrogens is 356 g/mol. The molecule has 1 aromatic carbocycles. The van der Waals surface area contributed by atoms with Crippen molar-refractivity contribution in [3.63, 3.8) is 0 Å². The van der Waals surface area contributed by atoms with Gasteiger partial charge in [-0.1, -0.05) is 37.6 Å². The lowest BCUT2D eigenvalue weighted by molar-refractivity contribution is -0.155. The highest BCUT2D eigenvalue weighted by atomic mass is 16.4. The Morgan fingerprint density at radius 1 is 1.18 bits per heavy atom. The van der Waals surface area contributed by atoms with E-state index in [1.165, 1.54) is 4.90 Å². The van der Waals surface area contributed by atoms with Gasteiger partial charge in [-0.25, -0.2) is 0 Å². The van der Waals surface area contributed by atoms with Gasteiger partial charge in [0.05, 0.1) is 11.8 Å². The minimum atomic E-state index is -1.49. The van der Waals surface area contributed by atoms with E-state index in [9.17, 15) is 19.5 Å². The molecule has 4 atom stereocenters. The summed E-state index contributed by atoms with van der Waals surface area (Å²) in [6, 6.07) is 5.42. The Bertz CT molecular complexity index is 855. The van der Waals surface area contributed by atoms with E-state index in [-0.39, 0.29) is 17.7 Å². The van der Waals surface area contributed by atoms with Gasteiger partial charge in [0.25, 0.3) is 0 Å². The Hall–Kier alpha value is -2.21. The van der Waals surface area contributed by atoms with Crippen LogP contribution in [0.2, 0.25) is 0 Å². The first-order valence-electron chi connectivity index (χ1n) is 9.80. The summed E-state index contributed by atoms with van der Waals surface area (Å²) in [5, 5.41) is 13.5. The molecule has 1 aromatic rings. The second-order valence-electron chi connectivity index (χ2n) is 9.50. The van der Waals surface area contributed by atoms with Crippen LogP contribution >= 0.6 is 0 Å². The molecule has 0 aliphatic carbocycles. The first-order chi connectivity index (χ1) is 12.8. The Kier molecular flexibility index (Phi) is 4.70. The predicted octanol–water partition coefficient (Wildman–Crippen LogP) is 2.83. The lowest BCUT2D eigenvalue weighted by atomic mass is 9.73. The third-order valence-corrected chi connectivity index (χ3v) is 6.30. The average Bonchev–Trinajstić information content (AvgIpc) is 3.04. The van der Waals surface area contributed by atoms with Crippen molar-refractivity contribution in [3.8, 4) is 0 Å². The van der Waals surface area contributed by atoms with Gasteiger partial charge in [-0.3, -0.25) is 24.6 Å². The van der Waals surface area contributed by atoms with Crippen LogP contribution in [-0.4, -0.2) is 38.9 Å². The summed E-state index contributed by atoms with van der Waals surface area (Å²) in [5.41, 5.74) is 0.696. The fourth-order valence-corrected chi connectivity index (χ4v) is 4.94. The van der Waals surface area contributed by atoms with Crippen molar-refractivity contribution in [2.24, 2.45) is 17.8 Å². The van der Waals surface area contributed by atoms with E-state index < -0.39 is 34.9 Å². The van der Waals surface area contributed by atoms with Gasteiger partial charge in [0.2, 0.25) is 11.8 Å². The van der Waals surface area contributed by atoms with Crippen molar-refractivity contribution >= 4 is 17.8 Å². The largest absolute Gasteiger partial charge is 0.480 e. The molecule has 0 saturated carbocycles. The Morgan fingerprint density at radius 2 is 1.79 bits per heavy atom. The highest BCUT2D eigenvalue weighted by molar-refractivity contribution is 6.10. The third-order valence-electron chi connectivity index (χ3n) is 6.30. The number of hydrogen-bond donors (Lipinski definition) is 2. The number of rotatable bonds is 3. The number of carboxylic acids is 1. The normalized spacial score (nSPS) is 30.3. The number of amides is 2. The fourth-order valence-electron chi connectivity index (χ4n) is 4.94. The van der Waals surface area contributed by atoms with Crippen LogP contribution in [0.25, 0.3) is 0 Å². The minimum Gasteiger partial charge on any atom is -0.480 e.